The van der Waals surface area contributed by atoms with Gasteiger partial charge in [0.25, 0.3) is 11.8 Å². The number of nitrogens with one attached hydrogen (secondary N) is 2. The van der Waals surface area contributed by atoms with Gasteiger partial charge in [0.15, 0.2) is 5.88 Å². The fourth-order valence-corrected chi connectivity index (χ4v) is 3.08. The van der Waals surface area contributed by atoms with Crippen molar-refractivity contribution >= 4 is 35.5 Å². The van der Waals surface area contributed by atoms with Crippen LogP contribution >= 0.6 is 11.6 Å². The van der Waals surface area contributed by atoms with E-state index >= 15 is 0 Å². The fraction of sp³-hybridized carbons (Fsp3) is 0.381. The molecule has 2 N–H and O–H groups in total. The molecular weight excluding hydrogens is 408 g/mol. The molecule has 8 nitrogen and oxygen atoms in total. The number of furan rings is 1. The molecule has 0 spiro atoms. The highest BCUT2D eigenvalue weighted by Gasteiger charge is 2.24. The lowest BCUT2D eigenvalue weighted by molar-refractivity contribution is -0.123. The summed E-state index contributed by atoms with van der Waals surface area (Å²) in [7, 11) is 0. The summed E-state index contributed by atoms with van der Waals surface area (Å²) in [5, 5.41) is 7.24. The number of benzene rings is 1. The molecule has 0 radical (unpaired) electrons. The first-order valence-electron chi connectivity index (χ1n) is 9.76. The normalized spacial score (nSPS) is 15.4. The molecule has 9 heteroatoms. The molecule has 0 bridgehead atoms. The first-order valence-corrected chi connectivity index (χ1v) is 10.1. The molecule has 0 aliphatic carbocycles. The van der Waals surface area contributed by atoms with Gasteiger partial charge in [-0.3, -0.25) is 9.59 Å². The minimum atomic E-state index is -0.745. The van der Waals surface area contributed by atoms with E-state index in [0.29, 0.717) is 29.6 Å². The van der Waals surface area contributed by atoms with Crippen molar-refractivity contribution in [3.8, 4) is 0 Å². The van der Waals surface area contributed by atoms with E-state index in [1.54, 1.807) is 30.3 Å². The van der Waals surface area contributed by atoms with Gasteiger partial charge in [-0.2, -0.15) is 5.10 Å². The van der Waals surface area contributed by atoms with Gasteiger partial charge in [-0.1, -0.05) is 25.4 Å². The van der Waals surface area contributed by atoms with E-state index in [0.717, 1.165) is 19.0 Å². The van der Waals surface area contributed by atoms with E-state index in [2.05, 4.69) is 20.7 Å². The Balaban J connectivity index is 1.56. The molecule has 1 aliphatic rings. The molecule has 1 aromatic heterocycles. The van der Waals surface area contributed by atoms with E-state index in [4.69, 9.17) is 20.8 Å². The molecule has 160 valence electrons. The number of amides is 2. The summed E-state index contributed by atoms with van der Waals surface area (Å²) in [5.41, 5.74) is 2.89. The Hall–Kier alpha value is -2.84. The number of nitrogens with zero attached hydrogens (tertiary/aromatic N) is 2. The number of ether oxygens (including phenoxy) is 1. The van der Waals surface area contributed by atoms with Gasteiger partial charge in [-0.05, 0) is 36.2 Å². The third kappa shape index (κ3) is 5.84. The predicted molar refractivity (Wildman–Crippen MR) is 115 cm³/mol. The summed E-state index contributed by atoms with van der Waals surface area (Å²) < 4.78 is 11.1. The van der Waals surface area contributed by atoms with Gasteiger partial charge in [0.2, 0.25) is 0 Å². The smallest absolute Gasteiger partial charge is 0.262 e. The minimum absolute atomic E-state index is 0.131. The van der Waals surface area contributed by atoms with Crippen molar-refractivity contribution in [2.45, 2.75) is 19.9 Å². The second kappa shape index (κ2) is 10.3. The van der Waals surface area contributed by atoms with Crippen LogP contribution in [0.15, 0.2) is 45.9 Å². The monoisotopic (exact) mass is 432 g/mol. The average Bonchev–Trinajstić information content (AvgIpc) is 3.21. The molecular formula is C21H25ClN4O4. The average molecular weight is 433 g/mol. The number of carbonyl (C=O) groups excluding carboxylic acids is 2. The third-order valence-electron chi connectivity index (χ3n) is 4.64. The van der Waals surface area contributed by atoms with Gasteiger partial charge in [0.05, 0.1) is 19.4 Å². The largest absolute Gasteiger partial charge is 0.440 e. The maximum absolute atomic E-state index is 12.5. The topological polar surface area (TPSA) is 96.2 Å². The van der Waals surface area contributed by atoms with Crippen molar-refractivity contribution in [1.82, 2.24) is 10.7 Å². The molecule has 1 aromatic carbocycles. The SMILES string of the molecule is CC(C)C(NC(=O)c1ccc(Cl)cc1)C(=O)NN=Cc1ccc(N2CCOCC2)o1. The zero-order valence-electron chi connectivity index (χ0n) is 16.9. The third-order valence-corrected chi connectivity index (χ3v) is 4.90. The number of anilines is 1. The lowest BCUT2D eigenvalue weighted by Crippen LogP contribution is -2.48. The lowest BCUT2D eigenvalue weighted by Gasteiger charge is -2.26. The molecule has 1 atom stereocenters. The highest BCUT2D eigenvalue weighted by molar-refractivity contribution is 6.30. The Kier molecular flexibility index (Phi) is 7.48. The molecule has 30 heavy (non-hydrogen) atoms. The summed E-state index contributed by atoms with van der Waals surface area (Å²) in [6.45, 7) is 6.56. The van der Waals surface area contributed by atoms with Gasteiger partial charge in [0.1, 0.15) is 11.8 Å². The number of hydrazone groups is 1. The standard InChI is InChI=1S/C21H25ClN4O4/c1-14(2)19(24-20(27)15-3-5-16(22)6-4-15)21(28)25-23-13-17-7-8-18(30-17)26-9-11-29-12-10-26/h3-8,13-14,19H,9-12H2,1-2H3,(H,24,27)(H,25,28). The van der Waals surface area contributed by atoms with Gasteiger partial charge >= 0.3 is 0 Å². The molecule has 0 saturated carbocycles. The number of rotatable bonds is 7. The van der Waals surface area contributed by atoms with Crippen molar-refractivity contribution in [2.75, 3.05) is 31.2 Å². The molecule has 2 aromatic rings. The van der Waals surface area contributed by atoms with E-state index in [1.807, 2.05) is 19.9 Å². The summed E-state index contributed by atoms with van der Waals surface area (Å²) in [6, 6.07) is 9.35. The Morgan fingerprint density at radius 3 is 2.50 bits per heavy atom. The molecule has 1 fully saturated rings. The van der Waals surface area contributed by atoms with E-state index in [-0.39, 0.29) is 11.8 Å². The van der Waals surface area contributed by atoms with Crippen LogP contribution in [-0.2, 0) is 9.53 Å². The Labute approximate surface area is 180 Å². The maximum Gasteiger partial charge on any atom is 0.262 e. The molecule has 1 unspecified atom stereocenters. The summed E-state index contributed by atoms with van der Waals surface area (Å²) >= 11 is 5.85. The lowest BCUT2D eigenvalue weighted by atomic mass is 10.0. The molecule has 1 aliphatic heterocycles. The van der Waals surface area contributed by atoms with E-state index < -0.39 is 11.9 Å². The van der Waals surface area contributed by atoms with Gasteiger partial charge in [0, 0.05) is 29.7 Å². The van der Waals surface area contributed by atoms with Crippen LogP contribution in [0.25, 0.3) is 0 Å². The minimum Gasteiger partial charge on any atom is -0.440 e. The van der Waals surface area contributed by atoms with Crippen LogP contribution in [0.5, 0.6) is 0 Å². The van der Waals surface area contributed by atoms with Gasteiger partial charge in [-0.25, -0.2) is 5.43 Å². The van der Waals surface area contributed by atoms with Crippen LogP contribution in [0.3, 0.4) is 0 Å². The summed E-state index contributed by atoms with van der Waals surface area (Å²) in [4.78, 5) is 27.0. The Morgan fingerprint density at radius 2 is 1.83 bits per heavy atom. The highest BCUT2D eigenvalue weighted by Crippen LogP contribution is 2.18. The number of carbonyl (C=O) groups is 2. The van der Waals surface area contributed by atoms with Crippen molar-refractivity contribution in [3.63, 3.8) is 0 Å². The molecule has 2 heterocycles. The molecule has 1 saturated heterocycles. The van der Waals surface area contributed by atoms with Crippen molar-refractivity contribution in [2.24, 2.45) is 11.0 Å². The number of hydrogen-bond donors (Lipinski definition) is 2. The van der Waals surface area contributed by atoms with Crippen LogP contribution in [0.4, 0.5) is 5.88 Å². The summed E-state index contributed by atoms with van der Waals surface area (Å²) in [5.74, 6) is 0.353. The van der Waals surface area contributed by atoms with Crippen LogP contribution in [0.2, 0.25) is 5.02 Å². The van der Waals surface area contributed by atoms with Crippen LogP contribution in [0, 0.1) is 5.92 Å². The zero-order valence-corrected chi connectivity index (χ0v) is 17.7. The van der Waals surface area contributed by atoms with E-state index in [9.17, 15) is 9.59 Å². The highest BCUT2D eigenvalue weighted by atomic mass is 35.5. The number of halogens is 1. The molecule has 2 amide bonds. The van der Waals surface area contributed by atoms with Crippen LogP contribution in [-0.4, -0.2) is 50.4 Å². The Morgan fingerprint density at radius 1 is 1.13 bits per heavy atom. The first-order chi connectivity index (χ1) is 14.4. The molecule has 3 rings (SSSR count). The predicted octanol–water partition coefficient (Wildman–Crippen LogP) is 2.67. The van der Waals surface area contributed by atoms with Crippen LogP contribution < -0.4 is 15.6 Å². The zero-order chi connectivity index (χ0) is 21.5. The Bertz CT molecular complexity index is 889. The van der Waals surface area contributed by atoms with Crippen molar-refractivity contribution in [3.05, 3.63) is 52.7 Å². The van der Waals surface area contributed by atoms with E-state index in [1.165, 1.54) is 6.21 Å². The number of morpholine rings is 1. The van der Waals surface area contributed by atoms with Crippen molar-refractivity contribution in [1.29, 1.82) is 0 Å². The quantitative estimate of drug-likeness (QED) is 0.518. The second-order valence-corrected chi connectivity index (χ2v) is 7.65. The van der Waals surface area contributed by atoms with Crippen molar-refractivity contribution < 1.29 is 18.7 Å². The van der Waals surface area contributed by atoms with Gasteiger partial charge < -0.3 is 19.4 Å². The summed E-state index contributed by atoms with van der Waals surface area (Å²) in [6.07, 6.45) is 1.43. The van der Waals surface area contributed by atoms with Gasteiger partial charge in [-0.15, -0.1) is 0 Å². The second-order valence-electron chi connectivity index (χ2n) is 7.21. The fourth-order valence-electron chi connectivity index (χ4n) is 2.96. The maximum atomic E-state index is 12.5. The van der Waals surface area contributed by atoms with Crippen LogP contribution in [0.1, 0.15) is 30.0 Å². The number of hydrogen-bond acceptors (Lipinski definition) is 6. The first kappa shape index (κ1) is 21.9.